The van der Waals surface area contributed by atoms with Crippen LogP contribution in [0.3, 0.4) is 0 Å². The van der Waals surface area contributed by atoms with Gasteiger partial charge in [0.1, 0.15) is 35.1 Å². The maximum Gasteiger partial charge on any atom is 0.408 e. The monoisotopic (exact) mass is 771 g/mol. The number of carbonyl (C=O) groups is 4. The van der Waals surface area contributed by atoms with Crippen LogP contribution in [0.1, 0.15) is 100 Å². The van der Waals surface area contributed by atoms with Crippen LogP contribution in [0.4, 0.5) is 4.79 Å². The number of aromatic nitrogens is 1. The Labute approximate surface area is 316 Å². The normalized spacial score (nSPS) is 25.3. The number of pyridine rings is 1. The van der Waals surface area contributed by atoms with Crippen molar-refractivity contribution in [3.63, 3.8) is 0 Å². The Balaban J connectivity index is 1.26. The summed E-state index contributed by atoms with van der Waals surface area (Å²) in [6, 6.07) is 5.21. The highest BCUT2D eigenvalue weighted by molar-refractivity contribution is 7.85. The van der Waals surface area contributed by atoms with Crippen molar-refractivity contribution in [3.05, 3.63) is 30.5 Å². The topological polar surface area (TPSA) is 192 Å². The number of rotatable bonds is 13. The van der Waals surface area contributed by atoms with Crippen LogP contribution in [0.15, 0.2) is 30.5 Å². The number of alkyl carbamates (subject to hydrolysis) is 1. The summed E-state index contributed by atoms with van der Waals surface area (Å²) in [4.78, 5) is 61.3. The second-order valence-electron chi connectivity index (χ2n) is 17.4. The fraction of sp³-hybridized carbons (Fsp3) is 0.658. The molecular weight excluding hydrogens is 719 g/mol. The highest BCUT2D eigenvalue weighted by Crippen LogP contribution is 2.47. The van der Waals surface area contributed by atoms with Crippen molar-refractivity contribution in [2.45, 2.75) is 141 Å². The van der Waals surface area contributed by atoms with Gasteiger partial charge in [-0.2, -0.15) is 8.42 Å². The van der Waals surface area contributed by atoms with E-state index < -0.39 is 74.5 Å². The van der Waals surface area contributed by atoms with E-state index in [2.05, 4.69) is 15.6 Å². The number of ether oxygens (including phenoxy) is 3. The van der Waals surface area contributed by atoms with Crippen LogP contribution in [0.2, 0.25) is 0 Å². The van der Waals surface area contributed by atoms with E-state index in [1.165, 1.54) is 4.90 Å². The van der Waals surface area contributed by atoms with Gasteiger partial charge < -0.3 is 29.7 Å². The Morgan fingerprint density at radius 2 is 1.72 bits per heavy atom. The average Bonchev–Trinajstić information content (AvgIpc) is 4.01. The smallest absolute Gasteiger partial charge is 0.408 e. The fourth-order valence-corrected chi connectivity index (χ4v) is 7.96. The minimum absolute atomic E-state index is 0.0239. The van der Waals surface area contributed by atoms with Gasteiger partial charge in [0.2, 0.25) is 17.7 Å². The molecular formula is C38H53N5O10S. The minimum atomic E-state index is -4.45. The number of hydrogen-bond donors (Lipinski definition) is 3. The number of likely N-dealkylation sites (tertiary alicyclic amines) is 1. The maximum absolute atomic E-state index is 14.5. The Bertz CT molecular complexity index is 1920. The van der Waals surface area contributed by atoms with E-state index in [4.69, 9.17) is 18.4 Å². The molecule has 3 aliphatic carbocycles. The second kappa shape index (κ2) is 14.2. The van der Waals surface area contributed by atoms with Crippen LogP contribution in [0, 0.1) is 11.3 Å². The van der Waals surface area contributed by atoms with Gasteiger partial charge in [0, 0.05) is 18.0 Å². The van der Waals surface area contributed by atoms with Crippen LogP contribution in [0.25, 0.3) is 10.8 Å². The number of benzene rings is 1. The third-order valence-corrected chi connectivity index (χ3v) is 11.3. The molecule has 54 heavy (non-hydrogen) atoms. The molecule has 2 aromatic rings. The molecule has 296 valence electrons. The van der Waals surface area contributed by atoms with Crippen LogP contribution in [-0.4, -0.2) is 89.7 Å². The Kier molecular flexibility index (Phi) is 10.4. The Morgan fingerprint density at radius 3 is 2.31 bits per heavy atom. The van der Waals surface area contributed by atoms with E-state index in [0.717, 1.165) is 24.0 Å². The molecule has 5 atom stereocenters. The predicted molar refractivity (Wildman–Crippen MR) is 198 cm³/mol. The van der Waals surface area contributed by atoms with Crippen molar-refractivity contribution in [1.82, 2.24) is 25.2 Å². The van der Waals surface area contributed by atoms with E-state index in [9.17, 15) is 27.6 Å². The first kappa shape index (κ1) is 39.5. The third kappa shape index (κ3) is 9.19. The van der Waals surface area contributed by atoms with E-state index in [1.807, 2.05) is 35.9 Å². The van der Waals surface area contributed by atoms with Gasteiger partial charge in [-0.05, 0) is 101 Å². The quantitative estimate of drug-likeness (QED) is 0.264. The van der Waals surface area contributed by atoms with Crippen molar-refractivity contribution < 1.29 is 46.0 Å². The second-order valence-corrected chi connectivity index (χ2v) is 18.7. The summed E-state index contributed by atoms with van der Waals surface area (Å²) in [7, 11) is -4.45. The molecule has 6 rings (SSSR count). The molecule has 1 aliphatic heterocycles. The maximum atomic E-state index is 14.5. The number of amides is 4. The number of hydrogen-bond acceptors (Lipinski definition) is 11. The largest absolute Gasteiger partial charge is 0.490 e. The number of nitrogens with zero attached hydrogens (tertiary/aromatic N) is 2. The van der Waals surface area contributed by atoms with Gasteiger partial charge in [0.05, 0.1) is 18.2 Å². The molecule has 15 nitrogen and oxygen atoms in total. The van der Waals surface area contributed by atoms with Gasteiger partial charge in [-0.3, -0.25) is 14.4 Å². The van der Waals surface area contributed by atoms with Crippen LogP contribution in [-0.2, 0) is 33.6 Å². The van der Waals surface area contributed by atoms with E-state index in [-0.39, 0.29) is 31.4 Å². The van der Waals surface area contributed by atoms with Crippen molar-refractivity contribution in [1.29, 1.82) is 0 Å². The first-order chi connectivity index (χ1) is 25.1. The highest BCUT2D eigenvalue weighted by Gasteiger charge is 2.62. The molecule has 1 saturated heterocycles. The average molecular weight is 772 g/mol. The number of carbonyl (C=O) groups excluding carboxylic acids is 4. The van der Waals surface area contributed by atoms with Crippen molar-refractivity contribution in [2.24, 2.45) is 11.3 Å². The lowest BCUT2D eigenvalue weighted by Gasteiger charge is -2.36. The zero-order valence-corrected chi connectivity index (χ0v) is 33.1. The van der Waals surface area contributed by atoms with Gasteiger partial charge in [0.25, 0.3) is 5.91 Å². The molecule has 16 heteroatoms. The third-order valence-electron chi connectivity index (χ3n) is 10.3. The summed E-state index contributed by atoms with van der Waals surface area (Å²) in [5, 5.41) is 7.09. The number of fused-ring (bicyclic) bond motifs is 1. The Hall–Kier alpha value is -4.18. The molecule has 3 saturated carbocycles. The van der Waals surface area contributed by atoms with Gasteiger partial charge in [-0.15, -0.1) is 0 Å². The molecule has 0 bridgehead atoms. The van der Waals surface area contributed by atoms with E-state index >= 15 is 0 Å². The Morgan fingerprint density at radius 1 is 1.02 bits per heavy atom. The zero-order valence-electron chi connectivity index (χ0n) is 32.3. The van der Waals surface area contributed by atoms with Crippen molar-refractivity contribution in [2.75, 3.05) is 6.54 Å². The van der Waals surface area contributed by atoms with Gasteiger partial charge in [-0.25, -0.2) is 18.7 Å². The minimum Gasteiger partial charge on any atom is -0.490 e. The lowest BCUT2D eigenvalue weighted by Crippen LogP contribution is -2.60. The van der Waals surface area contributed by atoms with E-state index in [0.29, 0.717) is 30.5 Å². The molecule has 3 N–H and O–H groups in total. The summed E-state index contributed by atoms with van der Waals surface area (Å²) in [5.41, 5.74) is -4.04. The molecule has 1 aromatic heterocycles. The summed E-state index contributed by atoms with van der Waals surface area (Å²) in [5.74, 6) is -1.42. The van der Waals surface area contributed by atoms with Crippen molar-refractivity contribution in [3.8, 4) is 11.6 Å². The highest BCUT2D eigenvalue weighted by atomic mass is 32.2. The van der Waals surface area contributed by atoms with E-state index in [1.54, 1.807) is 54.7 Å². The summed E-state index contributed by atoms with van der Waals surface area (Å²) in [6.07, 6.45) is 4.16. The molecule has 0 radical (unpaired) electrons. The molecule has 0 spiro atoms. The lowest BCUT2D eigenvalue weighted by molar-refractivity contribution is -0.143. The number of nitrogens with one attached hydrogen (secondary N) is 3. The SMILES string of the molecule is CC[C@@H]1C[C@]1(NC(=O)[C@@H]1C[C@@H](Oc2nccc3cc(OC4CC4)ccc23)CN1C(=O)[C@@H](NC(=O)OC(C)(C)C)C(C)(C)C)C(=O)NS(=O)(=O)OC1(C)CC1. The summed E-state index contributed by atoms with van der Waals surface area (Å²) < 4.78 is 50.6. The molecule has 4 fully saturated rings. The predicted octanol–water partition coefficient (Wildman–Crippen LogP) is 4.28. The molecule has 4 amide bonds. The first-order valence-electron chi connectivity index (χ1n) is 18.7. The van der Waals surface area contributed by atoms with Crippen LogP contribution < -0.4 is 24.8 Å². The first-order valence-corrected chi connectivity index (χ1v) is 20.1. The van der Waals surface area contributed by atoms with Gasteiger partial charge in [-0.1, -0.05) is 34.1 Å². The molecule has 0 unspecified atom stereocenters. The zero-order chi connectivity index (χ0) is 39.4. The molecule has 1 aromatic carbocycles. The summed E-state index contributed by atoms with van der Waals surface area (Å²) in [6.45, 7) is 13.9. The molecule has 2 heterocycles. The lowest BCUT2D eigenvalue weighted by atomic mass is 9.85. The fourth-order valence-electron chi connectivity index (χ4n) is 6.81. The summed E-state index contributed by atoms with van der Waals surface area (Å²) >= 11 is 0. The van der Waals surface area contributed by atoms with Crippen LogP contribution >= 0.6 is 0 Å². The molecule has 4 aliphatic rings. The van der Waals surface area contributed by atoms with Gasteiger partial charge in [0.15, 0.2) is 0 Å². The van der Waals surface area contributed by atoms with Crippen molar-refractivity contribution >= 4 is 44.9 Å². The van der Waals surface area contributed by atoms with Gasteiger partial charge >= 0.3 is 16.4 Å². The standard InChI is InChI=1S/C38H53N5O10S/c1-9-23-20-38(23,33(46)42-54(48,49)53-37(8)15-16-37)41-30(44)28-19-26(21-43(28)32(45)29(35(2,3)4)40-34(47)52-36(5,6)7)51-31-27-13-12-25(50-24-10-11-24)18-22(27)14-17-39-31/h12-14,17-18,23-24,26,28-29H,9-11,15-16,19-21H2,1-8H3,(H,40,47)(H,41,44)(H,42,46)/t23-,26-,28+,29-,38-/m1/s1. The van der Waals surface area contributed by atoms with Crippen LogP contribution in [0.5, 0.6) is 11.6 Å².